The Morgan fingerprint density at radius 1 is 1.07 bits per heavy atom. The fourth-order valence-electron chi connectivity index (χ4n) is 2.85. The van der Waals surface area contributed by atoms with Gasteiger partial charge in [-0.25, -0.2) is 0 Å². The molecule has 0 aliphatic heterocycles. The van der Waals surface area contributed by atoms with Crippen molar-refractivity contribution in [1.82, 2.24) is 0 Å². The van der Waals surface area contributed by atoms with Crippen LogP contribution in [0.4, 0.5) is 26.3 Å². The molecule has 4 nitrogen and oxygen atoms in total. The number of benzene rings is 1. The molecule has 0 bridgehead atoms. The van der Waals surface area contributed by atoms with Crippen LogP contribution in [-0.4, -0.2) is 44.1 Å². The van der Waals surface area contributed by atoms with E-state index in [-0.39, 0.29) is 24.3 Å². The first-order valence-corrected chi connectivity index (χ1v) is 9.11. The number of hydrogen-bond acceptors (Lipinski definition) is 4. The Morgan fingerprint density at radius 3 is 2.17 bits per heavy atom. The van der Waals surface area contributed by atoms with Gasteiger partial charge in [-0.1, -0.05) is 19.4 Å². The minimum Gasteiger partial charge on any atom is -0.493 e. The average molecular weight is 432 g/mol. The Kier molecular flexibility index (Phi) is 9.23. The number of aliphatic hydroxyl groups excluding tert-OH is 1. The summed E-state index contributed by atoms with van der Waals surface area (Å²) >= 11 is 0. The zero-order valence-electron chi connectivity index (χ0n) is 16.5. The van der Waals surface area contributed by atoms with E-state index < -0.39 is 36.4 Å². The van der Waals surface area contributed by atoms with Crippen LogP contribution in [0.15, 0.2) is 18.2 Å². The van der Waals surface area contributed by atoms with Crippen molar-refractivity contribution in [3.8, 4) is 5.75 Å². The van der Waals surface area contributed by atoms with E-state index in [1.807, 2.05) is 0 Å². The SMILES string of the molecule is CCCc1cc(C(OCOC)(C(F)(F)F)C(F)(F)F)ccc1OCCCC(C)O. The molecule has 1 aromatic rings. The third-order valence-electron chi connectivity index (χ3n) is 4.20. The predicted octanol–water partition coefficient (Wildman–Crippen LogP) is 5.12. The molecule has 1 unspecified atom stereocenters. The summed E-state index contributed by atoms with van der Waals surface area (Å²) < 4.78 is 96.1. The largest absolute Gasteiger partial charge is 0.493 e. The molecular weight excluding hydrogens is 406 g/mol. The molecule has 168 valence electrons. The highest BCUT2D eigenvalue weighted by Gasteiger charge is 2.73. The number of aliphatic hydroxyl groups is 1. The van der Waals surface area contributed by atoms with Crippen molar-refractivity contribution >= 4 is 0 Å². The third-order valence-corrected chi connectivity index (χ3v) is 4.20. The molecule has 1 rings (SSSR count). The van der Waals surface area contributed by atoms with E-state index in [1.54, 1.807) is 13.8 Å². The maximum atomic E-state index is 13.7. The average Bonchev–Trinajstić information content (AvgIpc) is 2.58. The number of methoxy groups -OCH3 is 1. The standard InChI is InChI=1S/C19H26F6O4/c1-4-6-14-11-15(8-9-16(14)28-10-5-7-13(2)26)17(18(20,21)22,19(23,24)25)29-12-27-3/h8-9,11,13,26H,4-7,10,12H2,1-3H3. The van der Waals surface area contributed by atoms with Gasteiger partial charge in [0.05, 0.1) is 12.7 Å². The molecule has 0 heterocycles. The number of rotatable bonds is 11. The topological polar surface area (TPSA) is 47.9 Å². The summed E-state index contributed by atoms with van der Waals surface area (Å²) in [5, 5.41) is 9.24. The molecule has 1 atom stereocenters. The van der Waals surface area contributed by atoms with Gasteiger partial charge in [0.1, 0.15) is 12.5 Å². The molecule has 0 aliphatic rings. The van der Waals surface area contributed by atoms with Crippen molar-refractivity contribution in [3.63, 3.8) is 0 Å². The molecule has 0 saturated heterocycles. The van der Waals surface area contributed by atoms with Gasteiger partial charge in [0.25, 0.3) is 5.60 Å². The number of ether oxygens (including phenoxy) is 3. The van der Waals surface area contributed by atoms with E-state index >= 15 is 0 Å². The van der Waals surface area contributed by atoms with Crippen molar-refractivity contribution in [2.45, 2.75) is 63.6 Å². The van der Waals surface area contributed by atoms with Gasteiger partial charge in [0.2, 0.25) is 0 Å². The Morgan fingerprint density at radius 2 is 1.69 bits per heavy atom. The van der Waals surface area contributed by atoms with E-state index in [4.69, 9.17) is 4.74 Å². The number of halogens is 6. The summed E-state index contributed by atoms with van der Waals surface area (Å²) in [6.45, 7) is 2.32. The van der Waals surface area contributed by atoms with Crippen molar-refractivity contribution in [3.05, 3.63) is 29.3 Å². The van der Waals surface area contributed by atoms with Gasteiger partial charge in [-0.2, -0.15) is 26.3 Å². The van der Waals surface area contributed by atoms with Crippen molar-refractivity contribution < 1.29 is 45.7 Å². The lowest BCUT2D eigenvalue weighted by molar-refractivity contribution is -0.400. The molecule has 1 aromatic carbocycles. The highest BCUT2D eigenvalue weighted by molar-refractivity contribution is 5.41. The summed E-state index contributed by atoms with van der Waals surface area (Å²) in [5.74, 6) is 0.200. The highest BCUT2D eigenvalue weighted by atomic mass is 19.4. The second-order valence-corrected chi connectivity index (χ2v) is 6.64. The van der Waals surface area contributed by atoms with E-state index in [0.717, 1.165) is 19.2 Å². The van der Waals surface area contributed by atoms with Crippen LogP contribution < -0.4 is 4.74 Å². The van der Waals surface area contributed by atoms with Crippen LogP contribution in [0.1, 0.15) is 44.2 Å². The molecule has 0 radical (unpaired) electrons. The second kappa shape index (κ2) is 10.5. The molecule has 0 saturated carbocycles. The van der Waals surface area contributed by atoms with Gasteiger partial charge in [-0.05, 0) is 43.9 Å². The lowest BCUT2D eigenvalue weighted by Crippen LogP contribution is -2.56. The third kappa shape index (κ3) is 6.23. The van der Waals surface area contributed by atoms with Gasteiger partial charge in [-0.3, -0.25) is 0 Å². The van der Waals surface area contributed by atoms with Crippen LogP contribution in [-0.2, 0) is 21.5 Å². The van der Waals surface area contributed by atoms with Crippen LogP contribution in [0.2, 0.25) is 0 Å². The summed E-state index contributed by atoms with van der Waals surface area (Å²) in [6.07, 6.45) is -10.4. The zero-order valence-corrected chi connectivity index (χ0v) is 16.5. The minimum absolute atomic E-state index is 0.171. The monoisotopic (exact) mass is 432 g/mol. The first-order valence-electron chi connectivity index (χ1n) is 9.11. The molecular formula is C19H26F6O4. The predicted molar refractivity (Wildman–Crippen MR) is 93.6 cm³/mol. The molecule has 0 aliphatic carbocycles. The molecule has 0 spiro atoms. The number of alkyl halides is 6. The van der Waals surface area contributed by atoms with E-state index in [9.17, 15) is 31.4 Å². The van der Waals surface area contributed by atoms with Crippen LogP contribution in [0.5, 0.6) is 5.75 Å². The Hall–Kier alpha value is -1.52. The van der Waals surface area contributed by atoms with Gasteiger partial charge >= 0.3 is 12.4 Å². The zero-order chi connectivity index (χ0) is 22.3. The van der Waals surface area contributed by atoms with E-state index in [0.29, 0.717) is 25.3 Å². The van der Waals surface area contributed by atoms with Crippen molar-refractivity contribution in [1.29, 1.82) is 0 Å². The number of aryl methyl sites for hydroxylation is 1. The fraction of sp³-hybridized carbons (Fsp3) is 0.684. The minimum atomic E-state index is -5.77. The van der Waals surface area contributed by atoms with Gasteiger partial charge in [0.15, 0.2) is 0 Å². The first-order chi connectivity index (χ1) is 13.4. The van der Waals surface area contributed by atoms with Gasteiger partial charge in [-0.15, -0.1) is 0 Å². The molecule has 0 fully saturated rings. The van der Waals surface area contributed by atoms with E-state index in [1.165, 1.54) is 0 Å². The fourth-order valence-corrected chi connectivity index (χ4v) is 2.85. The highest BCUT2D eigenvalue weighted by Crippen LogP contribution is 2.53. The van der Waals surface area contributed by atoms with Crippen molar-refractivity contribution in [2.75, 3.05) is 20.5 Å². The molecule has 29 heavy (non-hydrogen) atoms. The summed E-state index contributed by atoms with van der Waals surface area (Å²) in [6, 6.07) is 2.62. The second-order valence-electron chi connectivity index (χ2n) is 6.64. The van der Waals surface area contributed by atoms with Gasteiger partial charge in [0, 0.05) is 12.7 Å². The maximum Gasteiger partial charge on any atom is 0.430 e. The van der Waals surface area contributed by atoms with Crippen LogP contribution >= 0.6 is 0 Å². The lowest BCUT2D eigenvalue weighted by Gasteiger charge is -2.37. The Bertz CT molecular complexity index is 614. The van der Waals surface area contributed by atoms with Crippen LogP contribution in [0.3, 0.4) is 0 Å². The normalized spacial score (nSPS) is 14.1. The lowest BCUT2D eigenvalue weighted by atomic mass is 9.89. The Balaban J connectivity index is 3.37. The molecule has 0 amide bonds. The number of hydrogen-bond donors (Lipinski definition) is 1. The summed E-state index contributed by atoms with van der Waals surface area (Å²) in [7, 11) is 0.935. The van der Waals surface area contributed by atoms with Gasteiger partial charge < -0.3 is 19.3 Å². The summed E-state index contributed by atoms with van der Waals surface area (Å²) in [4.78, 5) is 0. The molecule has 1 N–H and O–H groups in total. The van der Waals surface area contributed by atoms with Crippen LogP contribution in [0.25, 0.3) is 0 Å². The maximum absolute atomic E-state index is 13.7. The van der Waals surface area contributed by atoms with Crippen molar-refractivity contribution in [2.24, 2.45) is 0 Å². The molecule has 0 aromatic heterocycles. The quantitative estimate of drug-likeness (QED) is 0.300. The van der Waals surface area contributed by atoms with Crippen LogP contribution in [0, 0.1) is 0 Å². The first kappa shape index (κ1) is 25.5. The smallest absolute Gasteiger partial charge is 0.430 e. The van der Waals surface area contributed by atoms with E-state index in [2.05, 4.69) is 9.47 Å². The summed E-state index contributed by atoms with van der Waals surface area (Å²) in [5.41, 5.74) is -5.40. The molecule has 10 heteroatoms. The Labute approximate surface area is 165 Å².